The van der Waals surface area contributed by atoms with Gasteiger partial charge < -0.3 is 19.5 Å². The Hall–Kier alpha value is -2.17. The molecule has 5 nitrogen and oxygen atoms in total. The maximum Gasteiger partial charge on any atom is 0.255 e. The number of hydrogen-bond donors (Lipinski definition) is 1. The third-order valence-corrected chi connectivity index (χ3v) is 4.24. The summed E-state index contributed by atoms with van der Waals surface area (Å²) in [4.78, 5) is 12.5. The number of benzene rings is 1. The summed E-state index contributed by atoms with van der Waals surface area (Å²) in [6.45, 7) is 0. The molecule has 1 heterocycles. The highest BCUT2D eigenvalue weighted by atomic mass is 16.5. The molecule has 0 radical (unpaired) electrons. The molecule has 3 rings (SSSR count). The van der Waals surface area contributed by atoms with Crippen molar-refractivity contribution in [2.24, 2.45) is 0 Å². The van der Waals surface area contributed by atoms with Gasteiger partial charge in [0.15, 0.2) is 11.5 Å². The van der Waals surface area contributed by atoms with Crippen LogP contribution in [-0.4, -0.2) is 33.3 Å². The number of rotatable bonds is 3. The van der Waals surface area contributed by atoms with E-state index < -0.39 is 0 Å². The number of nitrogens with one attached hydrogen (secondary N) is 1. The van der Waals surface area contributed by atoms with Gasteiger partial charge in [-0.2, -0.15) is 0 Å². The van der Waals surface area contributed by atoms with Gasteiger partial charge in [0.1, 0.15) is 0 Å². The Labute approximate surface area is 123 Å². The summed E-state index contributed by atoms with van der Waals surface area (Å²) in [5.41, 5.74) is 1.54. The van der Waals surface area contributed by atoms with E-state index in [1.165, 1.54) is 7.11 Å². The zero-order valence-corrected chi connectivity index (χ0v) is 12.4. The van der Waals surface area contributed by atoms with E-state index in [1.807, 2.05) is 6.07 Å². The van der Waals surface area contributed by atoms with Gasteiger partial charge in [0.25, 0.3) is 5.91 Å². The molecule has 1 N–H and O–H groups in total. The standard InChI is InChI=1S/C16H19NO4/c1-19-12-8-10-9-6-4-5-7-11(9)17-16(18)13(10)15(21-3)14(12)20-2/h4-5,8-9,11H,6-7H2,1-3H3,(H,17,18)/t9-,11+/m0/s1. The second kappa shape index (κ2) is 5.31. The van der Waals surface area contributed by atoms with Crippen LogP contribution in [0.25, 0.3) is 0 Å². The van der Waals surface area contributed by atoms with Crippen LogP contribution >= 0.6 is 0 Å². The lowest BCUT2D eigenvalue weighted by Crippen LogP contribution is -2.45. The fraction of sp³-hybridized carbons (Fsp3) is 0.438. The SMILES string of the molecule is COc1cc2c(c(OC)c1OC)C(=O)N[C@@H]1CC=CC[C@@H]21. The number of carbonyl (C=O) groups is 1. The van der Waals surface area contributed by atoms with Crippen molar-refractivity contribution in [3.05, 3.63) is 29.3 Å². The number of hydrogen-bond acceptors (Lipinski definition) is 4. The highest BCUT2D eigenvalue weighted by Gasteiger charge is 2.38. The molecule has 0 unspecified atom stereocenters. The van der Waals surface area contributed by atoms with Crippen molar-refractivity contribution >= 4 is 5.91 Å². The summed E-state index contributed by atoms with van der Waals surface area (Å²) in [7, 11) is 4.67. The van der Waals surface area contributed by atoms with Crippen molar-refractivity contribution in [1.82, 2.24) is 5.32 Å². The van der Waals surface area contributed by atoms with E-state index in [9.17, 15) is 4.79 Å². The van der Waals surface area contributed by atoms with Crippen LogP contribution in [0.4, 0.5) is 0 Å². The van der Waals surface area contributed by atoms with Gasteiger partial charge in [-0.15, -0.1) is 0 Å². The first kappa shape index (κ1) is 13.8. The number of fused-ring (bicyclic) bond motifs is 3. The molecule has 1 aliphatic carbocycles. The lowest BCUT2D eigenvalue weighted by atomic mass is 9.78. The summed E-state index contributed by atoms with van der Waals surface area (Å²) in [6, 6.07) is 2.05. The summed E-state index contributed by atoms with van der Waals surface area (Å²) in [5.74, 6) is 1.63. The van der Waals surface area contributed by atoms with E-state index >= 15 is 0 Å². The Morgan fingerprint density at radius 1 is 1.05 bits per heavy atom. The van der Waals surface area contributed by atoms with Crippen LogP contribution < -0.4 is 19.5 Å². The maximum absolute atomic E-state index is 12.5. The number of allylic oxidation sites excluding steroid dienone is 1. The minimum absolute atomic E-state index is 0.112. The molecule has 0 saturated heterocycles. The van der Waals surface area contributed by atoms with E-state index in [1.54, 1.807) is 14.2 Å². The largest absolute Gasteiger partial charge is 0.493 e. The first-order valence-corrected chi connectivity index (χ1v) is 7.00. The van der Waals surface area contributed by atoms with Gasteiger partial charge in [-0.05, 0) is 24.5 Å². The van der Waals surface area contributed by atoms with Gasteiger partial charge in [-0.3, -0.25) is 4.79 Å². The van der Waals surface area contributed by atoms with Crippen LogP contribution in [0.2, 0.25) is 0 Å². The third-order valence-electron chi connectivity index (χ3n) is 4.24. The van der Waals surface area contributed by atoms with Crippen molar-refractivity contribution in [2.75, 3.05) is 21.3 Å². The molecule has 0 bridgehead atoms. The summed E-state index contributed by atoms with van der Waals surface area (Å²) in [6.07, 6.45) is 6.03. The Bertz CT molecular complexity index is 609. The Morgan fingerprint density at radius 2 is 1.76 bits per heavy atom. The second-order valence-electron chi connectivity index (χ2n) is 5.24. The number of methoxy groups -OCH3 is 3. The van der Waals surface area contributed by atoms with E-state index in [-0.39, 0.29) is 17.9 Å². The Morgan fingerprint density at radius 3 is 2.43 bits per heavy atom. The normalized spacial score (nSPS) is 22.9. The highest BCUT2D eigenvalue weighted by molar-refractivity contribution is 6.01. The summed E-state index contributed by atoms with van der Waals surface area (Å²) in [5, 5.41) is 3.07. The zero-order valence-electron chi connectivity index (χ0n) is 12.4. The Kier molecular flexibility index (Phi) is 3.49. The zero-order chi connectivity index (χ0) is 15.0. The van der Waals surface area contributed by atoms with Crippen molar-refractivity contribution in [2.45, 2.75) is 24.8 Å². The molecule has 0 fully saturated rings. The van der Waals surface area contributed by atoms with E-state index in [2.05, 4.69) is 17.5 Å². The summed E-state index contributed by atoms with van der Waals surface area (Å²) < 4.78 is 16.2. The first-order valence-electron chi connectivity index (χ1n) is 7.00. The Balaban J connectivity index is 2.23. The van der Waals surface area contributed by atoms with E-state index in [4.69, 9.17) is 14.2 Å². The van der Waals surface area contributed by atoms with Crippen molar-refractivity contribution in [3.63, 3.8) is 0 Å². The predicted octanol–water partition coefficient (Wildman–Crippen LogP) is 2.26. The quantitative estimate of drug-likeness (QED) is 0.867. The molecule has 2 atom stereocenters. The smallest absolute Gasteiger partial charge is 0.255 e. The minimum atomic E-state index is -0.112. The molecule has 1 aromatic carbocycles. The van der Waals surface area contributed by atoms with Gasteiger partial charge in [0, 0.05) is 12.0 Å². The van der Waals surface area contributed by atoms with Crippen molar-refractivity contribution in [1.29, 1.82) is 0 Å². The first-order chi connectivity index (χ1) is 10.2. The molecule has 1 aliphatic heterocycles. The molecule has 112 valence electrons. The van der Waals surface area contributed by atoms with Crippen molar-refractivity contribution in [3.8, 4) is 17.2 Å². The van der Waals surface area contributed by atoms with Gasteiger partial charge >= 0.3 is 0 Å². The second-order valence-corrected chi connectivity index (χ2v) is 5.24. The van der Waals surface area contributed by atoms with Crippen molar-refractivity contribution < 1.29 is 19.0 Å². The number of amides is 1. The van der Waals surface area contributed by atoms with Gasteiger partial charge in [0.05, 0.1) is 26.9 Å². The van der Waals surface area contributed by atoms with Gasteiger partial charge in [-0.25, -0.2) is 0 Å². The van der Waals surface area contributed by atoms with Crippen LogP contribution in [0.15, 0.2) is 18.2 Å². The van der Waals surface area contributed by atoms with Gasteiger partial charge in [0.2, 0.25) is 5.75 Å². The monoisotopic (exact) mass is 289 g/mol. The predicted molar refractivity (Wildman–Crippen MR) is 78.5 cm³/mol. The van der Waals surface area contributed by atoms with Crippen LogP contribution in [0.5, 0.6) is 17.2 Å². The molecule has 21 heavy (non-hydrogen) atoms. The molecule has 5 heteroatoms. The molecular formula is C16H19NO4. The molecule has 1 aromatic rings. The molecule has 0 saturated carbocycles. The van der Waals surface area contributed by atoms with Gasteiger partial charge in [-0.1, -0.05) is 12.2 Å². The molecule has 2 aliphatic rings. The average Bonchev–Trinajstić information content (AvgIpc) is 2.52. The fourth-order valence-electron chi connectivity index (χ4n) is 3.26. The lowest BCUT2D eigenvalue weighted by molar-refractivity contribution is 0.0909. The van der Waals surface area contributed by atoms with E-state index in [0.717, 1.165) is 18.4 Å². The van der Waals surface area contributed by atoms with Crippen LogP contribution in [-0.2, 0) is 0 Å². The summed E-state index contributed by atoms with van der Waals surface area (Å²) >= 11 is 0. The minimum Gasteiger partial charge on any atom is -0.493 e. The van der Waals surface area contributed by atoms with E-state index in [0.29, 0.717) is 22.8 Å². The van der Waals surface area contributed by atoms with Crippen LogP contribution in [0.1, 0.15) is 34.7 Å². The number of ether oxygens (including phenoxy) is 3. The van der Waals surface area contributed by atoms with Crippen LogP contribution in [0.3, 0.4) is 0 Å². The fourth-order valence-corrected chi connectivity index (χ4v) is 3.26. The molecular weight excluding hydrogens is 270 g/mol. The average molecular weight is 289 g/mol. The molecule has 0 aromatic heterocycles. The molecule has 0 spiro atoms. The third kappa shape index (κ3) is 2.04. The highest BCUT2D eigenvalue weighted by Crippen LogP contribution is 2.47. The van der Waals surface area contributed by atoms with Crippen LogP contribution in [0, 0.1) is 0 Å². The lowest BCUT2D eigenvalue weighted by Gasteiger charge is -2.36. The maximum atomic E-state index is 12.5. The molecule has 1 amide bonds. The number of carbonyl (C=O) groups excluding carboxylic acids is 1. The topological polar surface area (TPSA) is 56.8 Å².